The van der Waals surface area contributed by atoms with E-state index in [0.717, 1.165) is 22.8 Å². The van der Waals surface area contributed by atoms with Crippen LogP contribution in [0.15, 0.2) is 6.07 Å². The van der Waals surface area contributed by atoms with E-state index in [1.54, 1.807) is 4.68 Å². The summed E-state index contributed by atoms with van der Waals surface area (Å²) in [5.74, 6) is 0. The molecule has 0 bridgehead atoms. The lowest BCUT2D eigenvalue weighted by Gasteiger charge is -2.09. The van der Waals surface area contributed by atoms with Crippen LogP contribution in [0.5, 0.6) is 0 Å². The van der Waals surface area contributed by atoms with E-state index in [1.807, 2.05) is 33.8 Å². The van der Waals surface area contributed by atoms with Crippen molar-refractivity contribution in [3.63, 3.8) is 0 Å². The third kappa shape index (κ3) is 1.72. The van der Waals surface area contributed by atoms with Crippen LogP contribution in [0.4, 0.5) is 5.69 Å². The monoisotopic (exact) mass is 241 g/mol. The van der Waals surface area contributed by atoms with Crippen molar-refractivity contribution in [2.75, 3.05) is 5.73 Å². The second kappa shape index (κ2) is 4.15. The van der Waals surface area contributed by atoms with Crippen LogP contribution < -0.4 is 5.73 Å². The van der Waals surface area contributed by atoms with Gasteiger partial charge in [0.1, 0.15) is 6.07 Å². The van der Waals surface area contributed by atoms with Crippen LogP contribution in [-0.4, -0.2) is 14.8 Å². The van der Waals surface area contributed by atoms with Gasteiger partial charge in [0, 0.05) is 5.69 Å². The Kier molecular flexibility index (Phi) is 2.79. The van der Waals surface area contributed by atoms with Crippen molar-refractivity contribution in [1.82, 2.24) is 14.8 Å². The Balaban J connectivity index is 2.79. The molecule has 2 aromatic heterocycles. The van der Waals surface area contributed by atoms with Gasteiger partial charge in [0.2, 0.25) is 0 Å². The number of anilines is 1. The smallest absolute Gasteiger partial charge is 0.103 e. The molecule has 0 fully saturated rings. The number of nitrogens with zero attached hydrogens (tertiary/aromatic N) is 4. The van der Waals surface area contributed by atoms with Crippen LogP contribution in [0.1, 0.15) is 28.3 Å². The van der Waals surface area contributed by atoms with Crippen LogP contribution in [-0.2, 0) is 0 Å². The number of hydrogen-bond acceptors (Lipinski definition) is 4. The van der Waals surface area contributed by atoms with Crippen molar-refractivity contribution in [3.05, 3.63) is 34.4 Å². The van der Waals surface area contributed by atoms with Gasteiger partial charge in [0.05, 0.1) is 34.0 Å². The first-order chi connectivity index (χ1) is 8.45. The van der Waals surface area contributed by atoms with Crippen LogP contribution in [0.3, 0.4) is 0 Å². The molecule has 0 aliphatic rings. The normalized spacial score (nSPS) is 10.4. The predicted molar refractivity (Wildman–Crippen MR) is 69.4 cm³/mol. The van der Waals surface area contributed by atoms with Gasteiger partial charge >= 0.3 is 0 Å². The summed E-state index contributed by atoms with van der Waals surface area (Å²) in [4.78, 5) is 4.29. The topological polar surface area (TPSA) is 80.5 Å². The molecule has 2 aromatic rings. The van der Waals surface area contributed by atoms with Crippen LogP contribution >= 0.6 is 0 Å². The molecule has 2 rings (SSSR count). The Morgan fingerprint density at radius 2 is 1.89 bits per heavy atom. The van der Waals surface area contributed by atoms with E-state index < -0.39 is 0 Å². The number of aryl methyl sites for hydroxylation is 3. The van der Waals surface area contributed by atoms with E-state index in [4.69, 9.17) is 5.73 Å². The van der Waals surface area contributed by atoms with Crippen molar-refractivity contribution >= 4 is 5.69 Å². The second-order valence-electron chi connectivity index (χ2n) is 4.35. The minimum Gasteiger partial charge on any atom is -0.396 e. The molecule has 2 N–H and O–H groups in total. The van der Waals surface area contributed by atoms with Gasteiger partial charge in [-0.15, -0.1) is 0 Å². The Hall–Kier alpha value is -2.35. The Morgan fingerprint density at radius 3 is 2.39 bits per heavy atom. The molecule has 0 aromatic carbocycles. The number of pyridine rings is 1. The van der Waals surface area contributed by atoms with Gasteiger partial charge in [-0.1, -0.05) is 0 Å². The minimum atomic E-state index is 0.534. The fraction of sp³-hybridized carbons (Fsp3) is 0.308. The van der Waals surface area contributed by atoms with E-state index in [0.29, 0.717) is 16.9 Å². The van der Waals surface area contributed by atoms with E-state index >= 15 is 0 Å². The van der Waals surface area contributed by atoms with Gasteiger partial charge in [-0.25, -0.2) is 4.68 Å². The molecule has 0 radical (unpaired) electrons. The summed E-state index contributed by atoms with van der Waals surface area (Å²) in [5.41, 5.74) is 11.0. The maximum Gasteiger partial charge on any atom is 0.103 e. The average Bonchev–Trinajstić information content (AvgIpc) is 2.56. The molecule has 5 nitrogen and oxygen atoms in total. The number of nitrogen functional groups attached to an aromatic ring is 1. The molecule has 0 amide bonds. The van der Waals surface area contributed by atoms with Gasteiger partial charge in [-0.3, -0.25) is 4.98 Å². The van der Waals surface area contributed by atoms with Crippen molar-refractivity contribution in [2.24, 2.45) is 0 Å². The van der Waals surface area contributed by atoms with Crippen LogP contribution in [0.2, 0.25) is 0 Å². The zero-order valence-corrected chi connectivity index (χ0v) is 10.9. The van der Waals surface area contributed by atoms with E-state index in [1.165, 1.54) is 0 Å². The summed E-state index contributed by atoms with van der Waals surface area (Å²) in [6, 6.07) is 4.03. The molecule has 0 aliphatic heterocycles. The Morgan fingerprint density at radius 1 is 1.22 bits per heavy atom. The third-order valence-electron chi connectivity index (χ3n) is 2.99. The molecule has 18 heavy (non-hydrogen) atoms. The van der Waals surface area contributed by atoms with Crippen molar-refractivity contribution in [1.29, 1.82) is 5.26 Å². The highest BCUT2D eigenvalue weighted by atomic mass is 15.3. The second-order valence-corrected chi connectivity index (χ2v) is 4.35. The van der Waals surface area contributed by atoms with Gasteiger partial charge in [0.15, 0.2) is 0 Å². The first kappa shape index (κ1) is 12.1. The van der Waals surface area contributed by atoms with Crippen molar-refractivity contribution < 1.29 is 0 Å². The average molecular weight is 241 g/mol. The molecular weight excluding hydrogens is 226 g/mol. The third-order valence-corrected chi connectivity index (χ3v) is 2.99. The summed E-state index contributed by atoms with van der Waals surface area (Å²) in [6.45, 7) is 7.46. The maximum atomic E-state index is 9.26. The van der Waals surface area contributed by atoms with Gasteiger partial charge in [0.25, 0.3) is 0 Å². The van der Waals surface area contributed by atoms with Crippen LogP contribution in [0.25, 0.3) is 5.69 Å². The lowest BCUT2D eigenvalue weighted by molar-refractivity contribution is 0.824. The standard InChI is InChI=1S/C13H15N5/c1-7-5-12(11(6-14)8(2)16-7)18-10(4)13(15)9(3)17-18/h5H,15H2,1-4H3. The van der Waals surface area contributed by atoms with E-state index in [-0.39, 0.29) is 0 Å². The highest BCUT2D eigenvalue weighted by molar-refractivity contribution is 5.56. The van der Waals surface area contributed by atoms with Crippen LogP contribution in [0, 0.1) is 39.0 Å². The zero-order valence-electron chi connectivity index (χ0n) is 10.9. The van der Waals surface area contributed by atoms with E-state index in [9.17, 15) is 5.26 Å². The first-order valence-corrected chi connectivity index (χ1v) is 5.66. The molecule has 92 valence electrons. The number of nitrogens with two attached hydrogens (primary N) is 1. The number of hydrogen-bond donors (Lipinski definition) is 1. The number of rotatable bonds is 1. The SMILES string of the molecule is Cc1cc(-n2nc(C)c(N)c2C)c(C#N)c(C)n1. The molecule has 2 heterocycles. The summed E-state index contributed by atoms with van der Waals surface area (Å²) in [7, 11) is 0. The maximum absolute atomic E-state index is 9.26. The molecule has 0 atom stereocenters. The molecular formula is C13H15N5. The first-order valence-electron chi connectivity index (χ1n) is 5.66. The lowest BCUT2D eigenvalue weighted by atomic mass is 10.1. The summed E-state index contributed by atoms with van der Waals surface area (Å²) < 4.78 is 1.71. The summed E-state index contributed by atoms with van der Waals surface area (Å²) >= 11 is 0. The van der Waals surface area contributed by atoms with Crippen molar-refractivity contribution in [2.45, 2.75) is 27.7 Å². The minimum absolute atomic E-state index is 0.534. The van der Waals surface area contributed by atoms with Gasteiger partial charge < -0.3 is 5.73 Å². The largest absolute Gasteiger partial charge is 0.396 e. The molecule has 0 saturated heterocycles. The molecule has 0 spiro atoms. The van der Waals surface area contributed by atoms with Gasteiger partial charge in [-0.05, 0) is 33.8 Å². The quantitative estimate of drug-likeness (QED) is 0.827. The molecule has 0 unspecified atom stereocenters. The number of nitriles is 1. The summed E-state index contributed by atoms with van der Waals surface area (Å²) in [6.07, 6.45) is 0. The highest BCUT2D eigenvalue weighted by Crippen LogP contribution is 2.23. The highest BCUT2D eigenvalue weighted by Gasteiger charge is 2.15. The van der Waals surface area contributed by atoms with Gasteiger partial charge in [-0.2, -0.15) is 10.4 Å². The molecule has 0 aliphatic carbocycles. The molecule has 5 heteroatoms. The Labute approximate surface area is 106 Å². The predicted octanol–water partition coefficient (Wildman–Crippen LogP) is 1.95. The summed E-state index contributed by atoms with van der Waals surface area (Å²) in [5, 5.41) is 13.6. The van der Waals surface area contributed by atoms with Crippen molar-refractivity contribution in [3.8, 4) is 11.8 Å². The molecule has 0 saturated carbocycles. The lowest BCUT2D eigenvalue weighted by Crippen LogP contribution is -2.06. The fourth-order valence-electron chi connectivity index (χ4n) is 2.00. The fourth-order valence-corrected chi connectivity index (χ4v) is 2.00. The zero-order chi connectivity index (χ0) is 13.4. The Bertz CT molecular complexity index is 661. The van der Waals surface area contributed by atoms with E-state index in [2.05, 4.69) is 16.2 Å². The number of aromatic nitrogens is 3.